The Labute approximate surface area is 243 Å². The quantitative estimate of drug-likeness (QED) is 0.280. The number of benzene rings is 1. The SMILES string of the molecule is C=CCn1c(=O)c2cnc(Nc3ccc(N4CCN(C)CC4)cc3)nc2n1-c1cccc(-c2cnn(C3CCC3)c2)n1. The lowest BCUT2D eigenvalue weighted by molar-refractivity contribution is 0.289. The van der Waals surface area contributed by atoms with Gasteiger partial charge in [-0.15, -0.1) is 6.58 Å². The smallest absolute Gasteiger partial charge is 0.278 e. The van der Waals surface area contributed by atoms with Crippen LogP contribution in [0.2, 0.25) is 0 Å². The van der Waals surface area contributed by atoms with E-state index in [2.05, 4.69) is 57.2 Å². The number of aromatic nitrogens is 7. The number of fused-ring (bicyclic) bond motifs is 1. The summed E-state index contributed by atoms with van der Waals surface area (Å²) in [5, 5.41) is 8.30. The molecule has 1 aliphatic carbocycles. The van der Waals surface area contributed by atoms with E-state index < -0.39 is 0 Å². The highest BCUT2D eigenvalue weighted by molar-refractivity contribution is 5.77. The Kier molecular flexibility index (Phi) is 6.79. The summed E-state index contributed by atoms with van der Waals surface area (Å²) in [5.74, 6) is 0.983. The molecular weight excluding hydrogens is 528 g/mol. The Morgan fingerprint density at radius 3 is 2.57 bits per heavy atom. The highest BCUT2D eigenvalue weighted by Gasteiger charge is 2.22. The number of allylic oxidation sites excluding steroid dienone is 1. The Balaban J connectivity index is 1.21. The van der Waals surface area contributed by atoms with Crippen LogP contribution in [0.4, 0.5) is 17.3 Å². The van der Waals surface area contributed by atoms with Crippen molar-refractivity contribution in [3.63, 3.8) is 0 Å². The van der Waals surface area contributed by atoms with Crippen molar-refractivity contribution in [1.82, 2.24) is 39.0 Å². The van der Waals surface area contributed by atoms with E-state index in [0.29, 0.717) is 35.4 Å². The van der Waals surface area contributed by atoms with Gasteiger partial charge in [-0.1, -0.05) is 12.1 Å². The van der Waals surface area contributed by atoms with Crippen molar-refractivity contribution in [3.8, 4) is 17.1 Å². The molecule has 2 aliphatic rings. The molecule has 0 atom stereocenters. The van der Waals surface area contributed by atoms with Crippen LogP contribution < -0.4 is 15.8 Å². The number of nitrogens with one attached hydrogen (secondary N) is 1. The van der Waals surface area contributed by atoms with Crippen molar-refractivity contribution in [2.75, 3.05) is 43.4 Å². The van der Waals surface area contributed by atoms with Crippen LogP contribution in [0.15, 0.2) is 78.5 Å². The van der Waals surface area contributed by atoms with Gasteiger partial charge in [-0.25, -0.2) is 19.3 Å². The highest BCUT2D eigenvalue weighted by Crippen LogP contribution is 2.32. The minimum atomic E-state index is -0.196. The number of piperazine rings is 1. The second-order valence-corrected chi connectivity index (χ2v) is 11.1. The first-order chi connectivity index (χ1) is 20.6. The number of likely N-dealkylation sites (N-methyl/N-ethyl adjacent to an activating group) is 1. The number of nitrogens with zero attached hydrogens (tertiary/aromatic N) is 9. The molecule has 1 saturated carbocycles. The largest absolute Gasteiger partial charge is 0.369 e. The molecule has 7 rings (SSSR count). The number of rotatable bonds is 8. The summed E-state index contributed by atoms with van der Waals surface area (Å²) in [5.41, 5.74) is 4.07. The normalized spacial score (nSPS) is 16.1. The van der Waals surface area contributed by atoms with E-state index in [4.69, 9.17) is 9.97 Å². The Hall–Kier alpha value is -4.77. The fraction of sp³-hybridized carbons (Fsp3) is 0.323. The van der Waals surface area contributed by atoms with Crippen molar-refractivity contribution >= 4 is 28.4 Å². The van der Waals surface area contributed by atoms with Crippen LogP contribution in [0, 0.1) is 0 Å². The first-order valence-electron chi connectivity index (χ1n) is 14.5. The molecule has 5 aromatic rings. The fourth-order valence-electron chi connectivity index (χ4n) is 5.58. The Morgan fingerprint density at radius 1 is 1.02 bits per heavy atom. The van der Waals surface area contributed by atoms with E-state index >= 15 is 0 Å². The molecule has 0 unspecified atom stereocenters. The van der Waals surface area contributed by atoms with E-state index in [9.17, 15) is 4.79 Å². The summed E-state index contributed by atoms with van der Waals surface area (Å²) in [7, 11) is 2.16. The number of pyridine rings is 1. The average molecular weight is 563 g/mol. The lowest BCUT2D eigenvalue weighted by atomic mass is 9.93. The summed E-state index contributed by atoms with van der Waals surface area (Å²) in [6.45, 7) is 8.31. The highest BCUT2D eigenvalue weighted by atomic mass is 16.1. The summed E-state index contributed by atoms with van der Waals surface area (Å²) in [4.78, 5) is 32.3. The maximum Gasteiger partial charge on any atom is 0.278 e. The lowest BCUT2D eigenvalue weighted by Gasteiger charge is -2.34. The third-order valence-electron chi connectivity index (χ3n) is 8.27. The molecule has 5 heterocycles. The van der Waals surface area contributed by atoms with E-state index in [-0.39, 0.29) is 5.56 Å². The van der Waals surface area contributed by atoms with Crippen LogP contribution in [0.3, 0.4) is 0 Å². The zero-order valence-corrected chi connectivity index (χ0v) is 23.7. The average Bonchev–Trinajstić information content (AvgIpc) is 3.56. The second kappa shape index (κ2) is 10.9. The lowest BCUT2D eigenvalue weighted by Crippen LogP contribution is -2.44. The third-order valence-corrected chi connectivity index (χ3v) is 8.27. The molecule has 1 N–H and O–H groups in total. The molecular formula is C31H34N10O. The summed E-state index contributed by atoms with van der Waals surface area (Å²) < 4.78 is 5.38. The molecule has 1 aromatic carbocycles. The fourth-order valence-corrected chi connectivity index (χ4v) is 5.58. The van der Waals surface area contributed by atoms with E-state index in [1.807, 2.05) is 41.2 Å². The van der Waals surface area contributed by atoms with Crippen LogP contribution in [0.1, 0.15) is 25.3 Å². The second-order valence-electron chi connectivity index (χ2n) is 11.1. The zero-order valence-electron chi connectivity index (χ0n) is 23.7. The van der Waals surface area contributed by atoms with Crippen molar-refractivity contribution in [3.05, 3.63) is 84.1 Å². The van der Waals surface area contributed by atoms with Crippen molar-refractivity contribution < 1.29 is 0 Å². The molecule has 0 bridgehead atoms. The van der Waals surface area contributed by atoms with Gasteiger partial charge in [-0.2, -0.15) is 10.1 Å². The van der Waals surface area contributed by atoms with Gasteiger partial charge in [-0.3, -0.25) is 9.48 Å². The summed E-state index contributed by atoms with van der Waals surface area (Å²) >= 11 is 0. The van der Waals surface area contributed by atoms with Gasteiger partial charge in [0.25, 0.3) is 5.56 Å². The molecule has 0 amide bonds. The minimum absolute atomic E-state index is 0.196. The Morgan fingerprint density at radius 2 is 1.83 bits per heavy atom. The maximum absolute atomic E-state index is 13.4. The molecule has 42 heavy (non-hydrogen) atoms. The molecule has 1 aliphatic heterocycles. The van der Waals surface area contributed by atoms with E-state index in [1.165, 1.54) is 12.1 Å². The van der Waals surface area contributed by atoms with Crippen molar-refractivity contribution in [2.24, 2.45) is 0 Å². The monoisotopic (exact) mass is 562 g/mol. The van der Waals surface area contributed by atoms with Gasteiger partial charge >= 0.3 is 0 Å². The molecule has 0 radical (unpaired) electrons. The topological polar surface area (TPSA) is 102 Å². The predicted octanol–water partition coefficient (Wildman–Crippen LogP) is 4.25. The van der Waals surface area contributed by atoms with E-state index in [1.54, 1.807) is 21.6 Å². The predicted molar refractivity (Wildman–Crippen MR) is 165 cm³/mol. The van der Waals surface area contributed by atoms with Crippen LogP contribution in [0.5, 0.6) is 0 Å². The first kappa shape index (κ1) is 26.1. The zero-order chi connectivity index (χ0) is 28.6. The maximum atomic E-state index is 13.4. The van der Waals surface area contributed by atoms with Crippen molar-refractivity contribution in [1.29, 1.82) is 0 Å². The van der Waals surface area contributed by atoms with E-state index in [0.717, 1.165) is 56.0 Å². The summed E-state index contributed by atoms with van der Waals surface area (Å²) in [6, 6.07) is 14.5. The summed E-state index contributed by atoms with van der Waals surface area (Å²) in [6.07, 6.45) is 10.7. The number of anilines is 3. The van der Waals surface area contributed by atoms with Gasteiger partial charge in [-0.05, 0) is 62.7 Å². The van der Waals surface area contributed by atoms with Gasteiger partial charge in [0.15, 0.2) is 11.5 Å². The van der Waals surface area contributed by atoms with Gasteiger partial charge < -0.3 is 15.1 Å². The Bertz CT molecular complexity index is 1790. The molecule has 1 saturated heterocycles. The van der Waals surface area contributed by atoms with Crippen LogP contribution >= 0.6 is 0 Å². The van der Waals surface area contributed by atoms with Crippen LogP contribution in [0.25, 0.3) is 28.1 Å². The molecule has 11 heteroatoms. The number of hydrogen-bond acceptors (Lipinski definition) is 8. The van der Waals surface area contributed by atoms with Gasteiger partial charge in [0.05, 0.1) is 24.5 Å². The standard InChI is InChI=1S/C31H34N10O/c1-3-14-40-30(42)26-20-32-31(34-23-10-12-24(13-11-23)38-17-15-37(2)16-18-38)36-29(26)41(40)28-9-5-8-27(35-28)22-19-33-39(21-22)25-6-4-7-25/h3,5,8-13,19-21,25H,1,4,6-7,14-18H2,2H3,(H,32,34,36). The van der Waals surface area contributed by atoms with Crippen LogP contribution in [-0.4, -0.2) is 72.2 Å². The van der Waals surface area contributed by atoms with Gasteiger partial charge in [0, 0.05) is 55.5 Å². The van der Waals surface area contributed by atoms with Gasteiger partial charge in [0.1, 0.15) is 5.39 Å². The molecule has 214 valence electrons. The van der Waals surface area contributed by atoms with Crippen molar-refractivity contribution in [2.45, 2.75) is 31.8 Å². The first-order valence-corrected chi connectivity index (χ1v) is 14.5. The molecule has 2 fully saturated rings. The van der Waals surface area contributed by atoms with Gasteiger partial charge in [0.2, 0.25) is 5.95 Å². The number of hydrogen-bond donors (Lipinski definition) is 1. The molecule has 4 aromatic heterocycles. The molecule has 0 spiro atoms. The third kappa shape index (κ3) is 4.85. The minimum Gasteiger partial charge on any atom is -0.369 e. The van der Waals surface area contributed by atoms with Crippen LogP contribution in [-0.2, 0) is 6.54 Å². The molecule has 11 nitrogen and oxygen atoms in total.